The van der Waals surface area contributed by atoms with Gasteiger partial charge < -0.3 is 15.0 Å². The van der Waals surface area contributed by atoms with E-state index in [0.29, 0.717) is 48.1 Å². The van der Waals surface area contributed by atoms with Gasteiger partial charge in [-0.3, -0.25) is 4.68 Å². The molecule has 1 aliphatic heterocycles. The Hall–Kier alpha value is -2.69. The highest BCUT2D eigenvalue weighted by Gasteiger charge is 2.33. The number of aromatic nitrogens is 6. The second kappa shape index (κ2) is 6.68. The van der Waals surface area contributed by atoms with Crippen molar-refractivity contribution in [1.82, 2.24) is 29.7 Å². The van der Waals surface area contributed by atoms with E-state index in [1.807, 2.05) is 25.7 Å². The summed E-state index contributed by atoms with van der Waals surface area (Å²) >= 11 is 0. The molecule has 0 aromatic carbocycles. The first kappa shape index (κ1) is 19.6. The van der Waals surface area contributed by atoms with E-state index in [2.05, 4.69) is 25.0 Å². The monoisotopic (exact) mass is 409 g/mol. The molecule has 0 amide bonds. The van der Waals surface area contributed by atoms with Crippen LogP contribution in [0.3, 0.4) is 0 Å². The fourth-order valence-electron chi connectivity index (χ4n) is 3.23. The standard InChI is InChI=1S/C18H22F3N7O/c1-17(2,3)15-22-11(9-28-7-5-12(26-28)18(19,20)21)13-14(24-15)25-16(23-13)27-6-4-10(29)8-27/h5,7,10,29H,4,6,8-9H2,1-3H3,(H,22,23,24,25). The molecule has 8 nitrogen and oxygen atoms in total. The maximum Gasteiger partial charge on any atom is 0.435 e. The van der Waals surface area contributed by atoms with Crippen LogP contribution in [0, 0.1) is 0 Å². The molecule has 1 fully saturated rings. The summed E-state index contributed by atoms with van der Waals surface area (Å²) in [5.41, 5.74) is 0.191. The zero-order valence-electron chi connectivity index (χ0n) is 16.3. The number of nitrogens with zero attached hydrogens (tertiary/aromatic N) is 6. The number of aliphatic hydroxyl groups excluding tert-OH is 1. The van der Waals surface area contributed by atoms with Crippen molar-refractivity contribution in [2.45, 2.75) is 51.4 Å². The van der Waals surface area contributed by atoms with Gasteiger partial charge in [0.2, 0.25) is 5.95 Å². The van der Waals surface area contributed by atoms with Crippen molar-refractivity contribution < 1.29 is 18.3 Å². The fourth-order valence-corrected chi connectivity index (χ4v) is 3.23. The van der Waals surface area contributed by atoms with Crippen LogP contribution in [-0.2, 0) is 18.1 Å². The van der Waals surface area contributed by atoms with E-state index in [4.69, 9.17) is 0 Å². The largest absolute Gasteiger partial charge is 0.435 e. The lowest BCUT2D eigenvalue weighted by Crippen LogP contribution is -2.22. The molecule has 156 valence electrons. The molecule has 1 unspecified atom stereocenters. The van der Waals surface area contributed by atoms with Gasteiger partial charge in [0, 0.05) is 24.7 Å². The molecule has 1 atom stereocenters. The Balaban J connectivity index is 1.76. The molecule has 29 heavy (non-hydrogen) atoms. The lowest BCUT2D eigenvalue weighted by Gasteiger charge is -2.17. The highest BCUT2D eigenvalue weighted by Crippen LogP contribution is 2.29. The minimum atomic E-state index is -4.50. The molecule has 4 heterocycles. The number of aliphatic hydroxyl groups is 1. The number of hydrogen-bond donors (Lipinski definition) is 2. The van der Waals surface area contributed by atoms with Gasteiger partial charge in [-0.25, -0.2) is 9.97 Å². The van der Waals surface area contributed by atoms with Gasteiger partial charge in [-0.05, 0) is 12.5 Å². The Morgan fingerprint density at radius 3 is 2.55 bits per heavy atom. The third-order valence-corrected chi connectivity index (χ3v) is 4.79. The van der Waals surface area contributed by atoms with E-state index >= 15 is 0 Å². The van der Waals surface area contributed by atoms with Gasteiger partial charge in [-0.15, -0.1) is 0 Å². The van der Waals surface area contributed by atoms with Crippen LogP contribution < -0.4 is 4.90 Å². The van der Waals surface area contributed by atoms with Crippen molar-refractivity contribution in [3.8, 4) is 0 Å². The van der Waals surface area contributed by atoms with Crippen molar-refractivity contribution in [1.29, 1.82) is 0 Å². The highest BCUT2D eigenvalue weighted by atomic mass is 19.4. The third kappa shape index (κ3) is 3.91. The van der Waals surface area contributed by atoms with Crippen molar-refractivity contribution in [3.63, 3.8) is 0 Å². The molecule has 2 N–H and O–H groups in total. The maximum absolute atomic E-state index is 12.9. The van der Waals surface area contributed by atoms with Crippen LogP contribution in [0.1, 0.15) is 44.4 Å². The van der Waals surface area contributed by atoms with Gasteiger partial charge in [0.15, 0.2) is 11.3 Å². The molecule has 0 spiro atoms. The van der Waals surface area contributed by atoms with Crippen molar-refractivity contribution >= 4 is 17.1 Å². The van der Waals surface area contributed by atoms with Crippen molar-refractivity contribution in [2.75, 3.05) is 18.0 Å². The van der Waals surface area contributed by atoms with Crippen LogP contribution in [0.2, 0.25) is 0 Å². The molecule has 0 radical (unpaired) electrons. The summed E-state index contributed by atoms with van der Waals surface area (Å²) in [4.78, 5) is 18.8. The van der Waals surface area contributed by atoms with E-state index in [1.165, 1.54) is 10.9 Å². The van der Waals surface area contributed by atoms with Gasteiger partial charge >= 0.3 is 6.18 Å². The second-order valence-corrected chi connectivity index (χ2v) is 8.29. The average molecular weight is 409 g/mol. The Kier molecular flexibility index (Phi) is 4.52. The third-order valence-electron chi connectivity index (χ3n) is 4.79. The van der Waals surface area contributed by atoms with E-state index in [0.717, 1.165) is 6.07 Å². The molecular weight excluding hydrogens is 387 g/mol. The molecule has 0 aliphatic carbocycles. The van der Waals surface area contributed by atoms with Crippen LogP contribution in [0.25, 0.3) is 11.2 Å². The Bertz CT molecular complexity index is 1030. The van der Waals surface area contributed by atoms with E-state index < -0.39 is 18.0 Å². The number of aromatic amines is 1. The summed E-state index contributed by atoms with van der Waals surface area (Å²) in [6.07, 6.45) is -2.98. The number of β-amino-alcohol motifs (C(OH)–C–C–N with tert-alkyl or cyclic N) is 1. The number of nitrogens with one attached hydrogen (secondary N) is 1. The quantitative estimate of drug-likeness (QED) is 0.690. The van der Waals surface area contributed by atoms with Gasteiger partial charge in [0.05, 0.1) is 18.3 Å². The van der Waals surface area contributed by atoms with Crippen LogP contribution in [0.15, 0.2) is 12.3 Å². The summed E-state index contributed by atoms with van der Waals surface area (Å²) in [5, 5.41) is 13.4. The molecule has 4 rings (SSSR count). The number of anilines is 1. The number of hydrogen-bond acceptors (Lipinski definition) is 6. The molecule has 0 saturated carbocycles. The lowest BCUT2D eigenvalue weighted by atomic mass is 9.95. The van der Waals surface area contributed by atoms with Gasteiger partial charge in [-0.2, -0.15) is 23.3 Å². The number of imidazole rings is 1. The van der Waals surface area contributed by atoms with Crippen LogP contribution >= 0.6 is 0 Å². The Morgan fingerprint density at radius 2 is 1.97 bits per heavy atom. The number of fused-ring (bicyclic) bond motifs is 1. The first-order valence-electron chi connectivity index (χ1n) is 9.31. The highest BCUT2D eigenvalue weighted by molar-refractivity contribution is 5.76. The zero-order chi connectivity index (χ0) is 21.0. The van der Waals surface area contributed by atoms with Crippen LogP contribution in [-0.4, -0.2) is 54.0 Å². The first-order chi connectivity index (χ1) is 13.5. The topological polar surface area (TPSA) is 95.8 Å². The Labute approximate surface area is 164 Å². The van der Waals surface area contributed by atoms with Crippen LogP contribution in [0.5, 0.6) is 0 Å². The molecule has 11 heteroatoms. The van der Waals surface area contributed by atoms with Gasteiger partial charge in [0.1, 0.15) is 11.3 Å². The smallest absolute Gasteiger partial charge is 0.391 e. The average Bonchev–Trinajstić information content (AvgIpc) is 3.31. The predicted molar refractivity (Wildman–Crippen MR) is 99.6 cm³/mol. The van der Waals surface area contributed by atoms with Gasteiger partial charge in [-0.1, -0.05) is 20.8 Å². The summed E-state index contributed by atoms with van der Waals surface area (Å²) in [6.45, 7) is 7.03. The SMILES string of the molecule is CC(C)(C)c1nc(Cn2ccc(C(F)(F)F)n2)c2[nH]c(N3CCC(O)C3)nc2n1. The lowest BCUT2D eigenvalue weighted by molar-refractivity contribution is -0.141. The first-order valence-corrected chi connectivity index (χ1v) is 9.31. The summed E-state index contributed by atoms with van der Waals surface area (Å²) in [7, 11) is 0. The number of halogens is 3. The number of H-pyrrole nitrogens is 1. The minimum Gasteiger partial charge on any atom is -0.391 e. The molecule has 1 aliphatic rings. The molecular formula is C18H22F3N7O. The van der Waals surface area contributed by atoms with Gasteiger partial charge in [0.25, 0.3) is 0 Å². The maximum atomic E-state index is 12.9. The number of alkyl halides is 3. The normalized spacial score (nSPS) is 18.2. The molecule has 1 saturated heterocycles. The van der Waals surface area contributed by atoms with Crippen LogP contribution in [0.4, 0.5) is 19.1 Å². The minimum absolute atomic E-state index is 0.0441. The fraction of sp³-hybridized carbons (Fsp3) is 0.556. The summed E-state index contributed by atoms with van der Waals surface area (Å²) < 4.78 is 39.8. The second-order valence-electron chi connectivity index (χ2n) is 8.29. The van der Waals surface area contributed by atoms with Crippen molar-refractivity contribution in [2.24, 2.45) is 0 Å². The predicted octanol–water partition coefficient (Wildman–Crippen LogP) is 2.49. The van der Waals surface area contributed by atoms with E-state index in [-0.39, 0.29) is 12.0 Å². The molecule has 3 aromatic rings. The van der Waals surface area contributed by atoms with E-state index in [1.54, 1.807) is 0 Å². The molecule has 3 aromatic heterocycles. The molecule has 0 bridgehead atoms. The van der Waals surface area contributed by atoms with E-state index in [9.17, 15) is 18.3 Å². The zero-order valence-corrected chi connectivity index (χ0v) is 16.3. The summed E-state index contributed by atoms with van der Waals surface area (Å²) in [6, 6.07) is 0.938. The summed E-state index contributed by atoms with van der Waals surface area (Å²) in [5.74, 6) is 1.11. The Morgan fingerprint density at radius 1 is 1.21 bits per heavy atom. The number of rotatable bonds is 3. The van der Waals surface area contributed by atoms with Crippen molar-refractivity contribution in [3.05, 3.63) is 29.5 Å².